The third kappa shape index (κ3) is 4.19. The maximum atomic E-state index is 13.4. The molecule has 2 N–H and O–H groups in total. The van der Waals surface area contributed by atoms with Gasteiger partial charge in [-0.3, -0.25) is 19.9 Å². The summed E-state index contributed by atoms with van der Waals surface area (Å²) in [6.45, 7) is 0. The van der Waals surface area contributed by atoms with Gasteiger partial charge >= 0.3 is 0 Å². The Morgan fingerprint density at radius 2 is 1.55 bits per heavy atom. The molecule has 33 heavy (non-hydrogen) atoms. The molecule has 1 amide bonds. The van der Waals surface area contributed by atoms with E-state index in [4.69, 9.17) is 0 Å². The Hall–Kier alpha value is -4.43. The summed E-state index contributed by atoms with van der Waals surface area (Å²) in [4.78, 5) is 34.9. The zero-order chi connectivity index (χ0) is 22.6. The van der Waals surface area contributed by atoms with Crippen molar-refractivity contribution in [3.8, 4) is 33.8 Å². The summed E-state index contributed by atoms with van der Waals surface area (Å²) in [5.41, 5.74) is 3.23. The lowest BCUT2D eigenvalue weighted by Gasteiger charge is -2.13. The van der Waals surface area contributed by atoms with Crippen molar-refractivity contribution in [3.05, 3.63) is 106 Å². The highest BCUT2D eigenvalue weighted by molar-refractivity contribution is 7.14. The monoisotopic (exact) mass is 451 g/mol. The smallest absolute Gasteiger partial charge is 0.277 e. The van der Waals surface area contributed by atoms with Crippen molar-refractivity contribution in [1.82, 2.24) is 20.2 Å². The van der Waals surface area contributed by atoms with Gasteiger partial charge in [-0.25, -0.2) is 10.1 Å². The summed E-state index contributed by atoms with van der Waals surface area (Å²) in [6.07, 6.45) is 1.68. The maximum absolute atomic E-state index is 13.4. The second-order valence-electron chi connectivity index (χ2n) is 7.09. The van der Waals surface area contributed by atoms with E-state index in [0.717, 1.165) is 5.56 Å². The van der Waals surface area contributed by atoms with Crippen molar-refractivity contribution in [2.75, 3.05) is 5.32 Å². The molecule has 8 heteroatoms. The predicted molar refractivity (Wildman–Crippen MR) is 129 cm³/mol. The number of thiazole rings is 1. The molecule has 0 aliphatic carbocycles. The number of pyridine rings is 1. The van der Waals surface area contributed by atoms with Crippen LogP contribution in [-0.4, -0.2) is 26.1 Å². The topological polar surface area (TPSA) is 101 Å². The van der Waals surface area contributed by atoms with Crippen LogP contribution in [0.2, 0.25) is 0 Å². The lowest BCUT2D eigenvalue weighted by Crippen LogP contribution is -2.26. The van der Waals surface area contributed by atoms with E-state index in [1.165, 1.54) is 11.3 Å². The molecule has 3 aromatic heterocycles. The van der Waals surface area contributed by atoms with E-state index in [0.29, 0.717) is 33.3 Å². The average Bonchev–Trinajstić information content (AvgIpc) is 3.34. The molecule has 0 bridgehead atoms. The van der Waals surface area contributed by atoms with E-state index in [9.17, 15) is 9.59 Å². The Kier molecular flexibility index (Phi) is 5.57. The Morgan fingerprint density at radius 3 is 2.24 bits per heavy atom. The highest BCUT2D eigenvalue weighted by Gasteiger charge is 2.23. The molecule has 160 valence electrons. The lowest BCUT2D eigenvalue weighted by atomic mass is 9.95. The largest absolute Gasteiger partial charge is 0.298 e. The first-order chi connectivity index (χ1) is 16.2. The van der Waals surface area contributed by atoms with E-state index in [1.54, 1.807) is 6.20 Å². The molecule has 0 saturated carbocycles. The molecule has 0 radical (unpaired) electrons. The molecule has 7 nitrogen and oxygen atoms in total. The number of aromatic nitrogens is 4. The molecule has 5 aromatic rings. The number of carbonyl (C=O) groups excluding carboxylic acids is 1. The fraction of sp³-hybridized carbons (Fsp3) is 0. The molecule has 0 saturated heterocycles. The summed E-state index contributed by atoms with van der Waals surface area (Å²) < 4.78 is 0. The van der Waals surface area contributed by atoms with Crippen molar-refractivity contribution < 1.29 is 4.79 Å². The Morgan fingerprint density at radius 1 is 0.848 bits per heavy atom. The molecule has 0 spiro atoms. The van der Waals surface area contributed by atoms with Crippen molar-refractivity contribution >= 4 is 22.4 Å². The Balaban J connectivity index is 1.59. The predicted octanol–water partition coefficient (Wildman–Crippen LogP) is 4.87. The van der Waals surface area contributed by atoms with Gasteiger partial charge in [-0.15, -0.1) is 11.3 Å². The number of amides is 1. The number of rotatable bonds is 5. The Labute approximate surface area is 192 Å². The second kappa shape index (κ2) is 8.97. The molecule has 0 fully saturated rings. The fourth-order valence-electron chi connectivity index (χ4n) is 3.48. The van der Waals surface area contributed by atoms with Crippen LogP contribution in [0.5, 0.6) is 0 Å². The van der Waals surface area contributed by atoms with Gasteiger partial charge < -0.3 is 0 Å². The number of anilines is 1. The van der Waals surface area contributed by atoms with E-state index in [2.05, 4.69) is 25.5 Å². The summed E-state index contributed by atoms with van der Waals surface area (Å²) >= 11 is 1.26. The number of hydrogen-bond donors (Lipinski definition) is 2. The summed E-state index contributed by atoms with van der Waals surface area (Å²) in [5.74, 6) is -0.559. The highest BCUT2D eigenvalue weighted by Crippen LogP contribution is 2.32. The minimum atomic E-state index is -0.576. The van der Waals surface area contributed by atoms with Crippen LogP contribution in [0, 0.1) is 0 Å². The number of benzene rings is 2. The third-order valence-electron chi connectivity index (χ3n) is 4.97. The normalized spacial score (nSPS) is 10.7. The van der Waals surface area contributed by atoms with Gasteiger partial charge in [0.15, 0.2) is 5.13 Å². The maximum Gasteiger partial charge on any atom is 0.277 e. The van der Waals surface area contributed by atoms with Crippen molar-refractivity contribution in [2.24, 2.45) is 0 Å². The number of H-pyrrole nitrogens is 1. The van der Waals surface area contributed by atoms with Gasteiger partial charge in [0, 0.05) is 22.7 Å². The highest BCUT2D eigenvalue weighted by atomic mass is 32.1. The number of carbonyl (C=O) groups is 1. The summed E-state index contributed by atoms with van der Waals surface area (Å²) in [7, 11) is 0. The Bertz CT molecular complexity index is 1470. The number of aromatic amines is 1. The lowest BCUT2D eigenvalue weighted by molar-refractivity contribution is 0.102. The first-order valence-electron chi connectivity index (χ1n) is 10.1. The zero-order valence-electron chi connectivity index (χ0n) is 17.2. The van der Waals surface area contributed by atoms with Gasteiger partial charge in [0.25, 0.3) is 11.5 Å². The molecular weight excluding hydrogens is 434 g/mol. The third-order valence-corrected chi connectivity index (χ3v) is 5.73. The van der Waals surface area contributed by atoms with Crippen LogP contribution in [-0.2, 0) is 0 Å². The molecular formula is C25H17N5O2S. The van der Waals surface area contributed by atoms with Gasteiger partial charge in [0.1, 0.15) is 11.3 Å². The van der Waals surface area contributed by atoms with E-state index in [-0.39, 0.29) is 5.56 Å². The zero-order valence-corrected chi connectivity index (χ0v) is 18.0. The molecule has 0 aliphatic rings. The van der Waals surface area contributed by atoms with Crippen molar-refractivity contribution in [3.63, 3.8) is 0 Å². The average molecular weight is 452 g/mol. The van der Waals surface area contributed by atoms with Crippen LogP contribution in [0.25, 0.3) is 33.8 Å². The minimum absolute atomic E-state index is 0.0235. The summed E-state index contributed by atoms with van der Waals surface area (Å²) in [6, 6.07) is 24.2. The number of nitrogens with zero attached hydrogens (tertiary/aromatic N) is 3. The molecule has 0 aliphatic heterocycles. The van der Waals surface area contributed by atoms with Crippen LogP contribution >= 0.6 is 11.3 Å². The van der Waals surface area contributed by atoms with Crippen molar-refractivity contribution in [1.29, 1.82) is 0 Å². The van der Waals surface area contributed by atoms with Gasteiger partial charge in [0.2, 0.25) is 0 Å². The first-order valence-corrected chi connectivity index (χ1v) is 11.0. The van der Waals surface area contributed by atoms with Crippen LogP contribution < -0.4 is 10.9 Å². The second-order valence-corrected chi connectivity index (χ2v) is 7.95. The van der Waals surface area contributed by atoms with Crippen LogP contribution in [0.1, 0.15) is 10.4 Å². The molecule has 2 aromatic carbocycles. The van der Waals surface area contributed by atoms with E-state index >= 15 is 0 Å². The van der Waals surface area contributed by atoms with Gasteiger partial charge in [-0.05, 0) is 17.7 Å². The minimum Gasteiger partial charge on any atom is -0.298 e. The molecule has 3 heterocycles. The molecule has 0 unspecified atom stereocenters. The van der Waals surface area contributed by atoms with E-state index < -0.39 is 11.5 Å². The van der Waals surface area contributed by atoms with Crippen LogP contribution in [0.15, 0.2) is 95.2 Å². The van der Waals surface area contributed by atoms with Crippen LogP contribution in [0.4, 0.5) is 5.13 Å². The van der Waals surface area contributed by atoms with Gasteiger partial charge in [-0.1, -0.05) is 66.7 Å². The SMILES string of the molecule is O=C(Nc1nc(-c2ccccn2)cs1)c1c(-c2ccccc2)c(-c2ccccc2)n[nH]c1=O. The van der Waals surface area contributed by atoms with E-state index in [1.807, 2.05) is 84.2 Å². The molecule has 0 atom stereocenters. The fourth-order valence-corrected chi connectivity index (χ4v) is 4.18. The number of nitrogens with one attached hydrogen (secondary N) is 2. The summed E-state index contributed by atoms with van der Waals surface area (Å²) in [5, 5.41) is 11.7. The van der Waals surface area contributed by atoms with Crippen molar-refractivity contribution in [2.45, 2.75) is 0 Å². The van der Waals surface area contributed by atoms with Gasteiger partial charge in [0.05, 0.1) is 11.4 Å². The quantitative estimate of drug-likeness (QED) is 0.397. The first kappa shape index (κ1) is 20.5. The van der Waals surface area contributed by atoms with Crippen LogP contribution in [0.3, 0.4) is 0 Å². The number of hydrogen-bond acceptors (Lipinski definition) is 6. The van der Waals surface area contributed by atoms with Gasteiger partial charge in [-0.2, -0.15) is 5.10 Å². The standard InChI is InChI=1S/C25H17N5O2S/c31-23(28-25-27-19(15-33-25)18-13-7-8-14-26-18)21-20(16-9-3-1-4-10-16)22(29-30-24(21)32)17-11-5-2-6-12-17/h1-15H,(H,30,32)(H,27,28,31). The molecule has 5 rings (SSSR count).